The summed E-state index contributed by atoms with van der Waals surface area (Å²) < 4.78 is 0. The van der Waals surface area contributed by atoms with Gasteiger partial charge in [-0.25, -0.2) is 9.78 Å². The van der Waals surface area contributed by atoms with Gasteiger partial charge >= 0.3 is 6.09 Å². The summed E-state index contributed by atoms with van der Waals surface area (Å²) in [5.74, 6) is -0.178. The largest absolute Gasteiger partial charge is 0.465 e. The molecular weight excluding hydrogens is 272 g/mol. The van der Waals surface area contributed by atoms with Gasteiger partial charge in [-0.2, -0.15) is 0 Å². The van der Waals surface area contributed by atoms with Crippen molar-refractivity contribution in [1.29, 1.82) is 0 Å². The van der Waals surface area contributed by atoms with E-state index in [0.717, 1.165) is 0 Å². The molecule has 2 rings (SSSR count). The van der Waals surface area contributed by atoms with Crippen molar-refractivity contribution < 1.29 is 14.7 Å². The third-order valence-corrected chi connectivity index (χ3v) is 3.21. The van der Waals surface area contributed by atoms with Crippen LogP contribution in [-0.4, -0.2) is 46.1 Å². The summed E-state index contributed by atoms with van der Waals surface area (Å²) in [5.41, 5.74) is 5.35. The summed E-state index contributed by atoms with van der Waals surface area (Å²) in [6.07, 6.45) is 1.08. The van der Waals surface area contributed by atoms with E-state index in [1.807, 2.05) is 0 Å². The average Bonchev–Trinajstić information content (AvgIpc) is 2.80. The normalized spacial score (nSPS) is 18.4. The second kappa shape index (κ2) is 5.31. The second-order valence-electron chi connectivity index (χ2n) is 4.28. The number of rotatable bonds is 3. The van der Waals surface area contributed by atoms with Crippen LogP contribution in [0.2, 0.25) is 5.02 Å². The van der Waals surface area contributed by atoms with Gasteiger partial charge in [0.2, 0.25) is 5.91 Å². The molecule has 1 saturated heterocycles. The van der Waals surface area contributed by atoms with Crippen LogP contribution >= 0.6 is 11.6 Å². The molecular formula is C11H13ClN4O3. The molecule has 0 aliphatic carbocycles. The molecule has 8 heteroatoms. The number of nitrogens with zero attached hydrogens (tertiary/aromatic N) is 2. The first-order valence-electron chi connectivity index (χ1n) is 5.67. The number of aromatic nitrogens is 1. The van der Waals surface area contributed by atoms with Crippen molar-refractivity contribution in [3.8, 4) is 0 Å². The number of likely N-dealkylation sites (tertiary alicyclic amines) is 1. The summed E-state index contributed by atoms with van der Waals surface area (Å²) in [6.45, 7) is 0.856. The van der Waals surface area contributed by atoms with E-state index < -0.39 is 12.0 Å². The molecule has 19 heavy (non-hydrogen) atoms. The fourth-order valence-corrected chi connectivity index (χ4v) is 2.14. The van der Waals surface area contributed by atoms with Gasteiger partial charge in [0.1, 0.15) is 5.82 Å². The fraction of sp³-hybridized carbons (Fsp3) is 0.364. The predicted octanol–water partition coefficient (Wildman–Crippen LogP) is 0.998. The number of hydrogen-bond acceptors (Lipinski definition) is 4. The summed E-state index contributed by atoms with van der Waals surface area (Å²) in [7, 11) is 0. The molecule has 0 saturated carbocycles. The van der Waals surface area contributed by atoms with Gasteiger partial charge in [-0.1, -0.05) is 11.6 Å². The van der Waals surface area contributed by atoms with Gasteiger partial charge in [-0.05, 0) is 12.5 Å². The number of carbonyl (C=O) groups is 2. The molecule has 1 aromatic heterocycles. The highest BCUT2D eigenvalue weighted by molar-refractivity contribution is 6.33. The van der Waals surface area contributed by atoms with Gasteiger partial charge in [0.05, 0.1) is 10.6 Å². The van der Waals surface area contributed by atoms with Crippen molar-refractivity contribution in [2.75, 3.05) is 18.4 Å². The lowest BCUT2D eigenvalue weighted by Gasteiger charge is -2.15. The first-order valence-corrected chi connectivity index (χ1v) is 6.05. The zero-order valence-corrected chi connectivity index (χ0v) is 10.7. The Morgan fingerprint density at radius 1 is 1.58 bits per heavy atom. The Morgan fingerprint density at radius 3 is 2.84 bits per heavy atom. The molecule has 0 spiro atoms. The van der Waals surface area contributed by atoms with Crippen LogP contribution in [0, 0.1) is 0 Å². The number of pyridine rings is 1. The van der Waals surface area contributed by atoms with Gasteiger partial charge in [0, 0.05) is 25.3 Å². The number of carbonyl (C=O) groups excluding carboxylic acids is 1. The monoisotopic (exact) mass is 284 g/mol. The van der Waals surface area contributed by atoms with E-state index in [0.29, 0.717) is 25.3 Å². The highest BCUT2D eigenvalue weighted by atomic mass is 35.5. The third-order valence-electron chi connectivity index (χ3n) is 2.93. The third kappa shape index (κ3) is 3.05. The highest BCUT2D eigenvalue weighted by Gasteiger charge is 2.26. The van der Waals surface area contributed by atoms with Gasteiger partial charge in [-0.3, -0.25) is 4.79 Å². The number of nitrogens with two attached hydrogens (primary N) is 1. The molecule has 0 bridgehead atoms. The van der Waals surface area contributed by atoms with Gasteiger partial charge in [-0.15, -0.1) is 0 Å². The molecule has 2 amide bonds. The van der Waals surface area contributed by atoms with E-state index >= 15 is 0 Å². The van der Waals surface area contributed by atoms with E-state index in [2.05, 4.69) is 10.3 Å². The number of hydrogen-bond donors (Lipinski definition) is 3. The quantitative estimate of drug-likeness (QED) is 0.767. The number of amides is 2. The molecule has 1 unspecified atom stereocenters. The molecule has 1 atom stereocenters. The topological polar surface area (TPSA) is 109 Å². The van der Waals surface area contributed by atoms with Gasteiger partial charge in [0.25, 0.3) is 0 Å². The maximum Gasteiger partial charge on any atom is 0.407 e. The molecule has 1 aliphatic heterocycles. The number of primary amides is 1. The van der Waals surface area contributed by atoms with E-state index in [-0.39, 0.29) is 16.6 Å². The van der Waals surface area contributed by atoms with Crippen LogP contribution in [0.5, 0.6) is 0 Å². The van der Waals surface area contributed by atoms with Crippen LogP contribution in [0.15, 0.2) is 12.3 Å². The fourth-order valence-electron chi connectivity index (χ4n) is 1.92. The number of nitrogens with one attached hydrogen (secondary N) is 1. The lowest BCUT2D eigenvalue weighted by atomic mass is 10.2. The Kier molecular flexibility index (Phi) is 3.75. The minimum absolute atomic E-state index is 0.0412. The van der Waals surface area contributed by atoms with Crippen molar-refractivity contribution >= 4 is 29.4 Å². The Bertz CT molecular complexity index is 523. The summed E-state index contributed by atoms with van der Waals surface area (Å²) >= 11 is 5.99. The smallest absolute Gasteiger partial charge is 0.407 e. The summed E-state index contributed by atoms with van der Waals surface area (Å²) in [5, 5.41) is 12.2. The molecule has 7 nitrogen and oxygen atoms in total. The van der Waals surface area contributed by atoms with Crippen LogP contribution in [0.4, 0.5) is 10.6 Å². The van der Waals surface area contributed by atoms with Crippen molar-refractivity contribution in [2.45, 2.75) is 12.5 Å². The van der Waals surface area contributed by atoms with Crippen molar-refractivity contribution in [3.63, 3.8) is 0 Å². The minimum Gasteiger partial charge on any atom is -0.465 e. The van der Waals surface area contributed by atoms with E-state index in [9.17, 15) is 9.59 Å². The standard InChI is InChI=1S/C11H13ClN4O3/c12-8-3-6(9(13)17)4-14-10(8)15-7-1-2-16(5-7)11(18)19/h3-4,7H,1-2,5H2,(H2,13,17)(H,14,15)(H,18,19). The first kappa shape index (κ1) is 13.4. The Balaban J connectivity index is 2.04. The SMILES string of the molecule is NC(=O)c1cnc(NC2CCN(C(=O)O)C2)c(Cl)c1. The van der Waals surface area contributed by atoms with Crippen LogP contribution in [-0.2, 0) is 0 Å². The molecule has 1 aromatic rings. The Labute approximate surface area is 114 Å². The van der Waals surface area contributed by atoms with E-state index in [1.165, 1.54) is 17.2 Å². The zero-order valence-electron chi connectivity index (χ0n) is 9.97. The van der Waals surface area contributed by atoms with Crippen LogP contribution in [0.1, 0.15) is 16.8 Å². The maximum atomic E-state index is 11.0. The minimum atomic E-state index is -0.938. The van der Waals surface area contributed by atoms with E-state index in [1.54, 1.807) is 0 Å². The molecule has 0 aromatic carbocycles. The number of halogens is 1. The average molecular weight is 285 g/mol. The van der Waals surface area contributed by atoms with Crippen molar-refractivity contribution in [3.05, 3.63) is 22.8 Å². The van der Waals surface area contributed by atoms with E-state index in [4.69, 9.17) is 22.4 Å². The van der Waals surface area contributed by atoms with Crippen molar-refractivity contribution in [2.24, 2.45) is 5.73 Å². The predicted molar refractivity (Wildman–Crippen MR) is 69.4 cm³/mol. The van der Waals surface area contributed by atoms with Gasteiger partial charge in [0.15, 0.2) is 0 Å². The second-order valence-corrected chi connectivity index (χ2v) is 4.68. The Morgan fingerprint density at radius 2 is 2.32 bits per heavy atom. The molecule has 1 aliphatic rings. The van der Waals surface area contributed by atoms with Crippen LogP contribution < -0.4 is 11.1 Å². The molecule has 0 radical (unpaired) electrons. The van der Waals surface area contributed by atoms with Crippen molar-refractivity contribution in [1.82, 2.24) is 9.88 Å². The zero-order chi connectivity index (χ0) is 14.0. The lowest BCUT2D eigenvalue weighted by Crippen LogP contribution is -2.30. The molecule has 1 fully saturated rings. The molecule has 102 valence electrons. The Hall–Kier alpha value is -2.02. The maximum absolute atomic E-state index is 11.0. The molecule has 2 heterocycles. The summed E-state index contributed by atoms with van der Waals surface area (Å²) in [6, 6.07) is 1.39. The highest BCUT2D eigenvalue weighted by Crippen LogP contribution is 2.23. The van der Waals surface area contributed by atoms with Gasteiger partial charge < -0.3 is 21.1 Å². The first-order chi connectivity index (χ1) is 8.97. The van der Waals surface area contributed by atoms with Crippen LogP contribution in [0.25, 0.3) is 0 Å². The number of carboxylic acid groups (broad SMARTS) is 1. The molecule has 4 N–H and O–H groups in total. The summed E-state index contributed by atoms with van der Waals surface area (Å²) in [4.78, 5) is 27.1. The lowest BCUT2D eigenvalue weighted by molar-refractivity contribution is 0.1000. The number of anilines is 1. The van der Waals surface area contributed by atoms with Crippen LogP contribution in [0.3, 0.4) is 0 Å².